The number of amides is 1. The number of nitrogens with zero attached hydrogens (tertiary/aromatic N) is 3. The number of carbonyl (C=O) groups excluding carboxylic acids is 2. The van der Waals surface area contributed by atoms with Crippen LogP contribution in [0, 0.1) is 0 Å². The van der Waals surface area contributed by atoms with Gasteiger partial charge < -0.3 is 15.8 Å². The molecule has 3 N–H and O–H groups in total. The summed E-state index contributed by atoms with van der Waals surface area (Å²) in [6.07, 6.45) is 5.22. The number of hydrogen-bond acceptors (Lipinski definition) is 8. The molecule has 4 rings (SSSR count). The van der Waals surface area contributed by atoms with Gasteiger partial charge in [0.1, 0.15) is 11.0 Å². The first-order valence-corrected chi connectivity index (χ1v) is 13.8. The predicted octanol–water partition coefficient (Wildman–Crippen LogP) is 4.90. The summed E-state index contributed by atoms with van der Waals surface area (Å²) in [5, 5.41) is 12.5. The highest BCUT2D eigenvalue weighted by atomic mass is 32.2. The summed E-state index contributed by atoms with van der Waals surface area (Å²) >= 11 is 3.00. The lowest BCUT2D eigenvalue weighted by atomic mass is 9.95. The van der Waals surface area contributed by atoms with Crippen molar-refractivity contribution in [2.24, 2.45) is 0 Å². The third kappa shape index (κ3) is 5.70. The standard InChI is InChI=1S/C25H31N5O3S2/c1-3-18(30-24(26)28-29-25(30)34-15-14-16-10-6-5-7-11-16)21(31)27-22-20(23(32)33-4-2)17-12-8-9-13-19(17)35-22/h5-7,10-11,18H,3-4,8-9,12-15H2,1-2H3,(H2,26,28)(H,27,31). The van der Waals surface area contributed by atoms with E-state index in [1.54, 1.807) is 11.5 Å². The lowest BCUT2D eigenvalue weighted by Crippen LogP contribution is -2.27. The molecule has 1 aliphatic rings. The Morgan fingerprint density at radius 3 is 2.71 bits per heavy atom. The van der Waals surface area contributed by atoms with Gasteiger partial charge in [-0.3, -0.25) is 9.36 Å². The van der Waals surface area contributed by atoms with Gasteiger partial charge in [-0.25, -0.2) is 4.79 Å². The molecule has 1 atom stereocenters. The van der Waals surface area contributed by atoms with Crippen molar-refractivity contribution in [3.05, 3.63) is 51.9 Å². The lowest BCUT2D eigenvalue weighted by molar-refractivity contribution is -0.119. The molecule has 0 fully saturated rings. The van der Waals surface area contributed by atoms with Crippen LogP contribution in [0.25, 0.3) is 0 Å². The molecule has 2 aromatic heterocycles. The summed E-state index contributed by atoms with van der Waals surface area (Å²) in [5.74, 6) is 0.361. The molecule has 10 heteroatoms. The van der Waals surface area contributed by atoms with Crippen molar-refractivity contribution in [3.63, 3.8) is 0 Å². The molecule has 1 unspecified atom stereocenters. The fraction of sp³-hybridized carbons (Fsp3) is 0.440. The Balaban J connectivity index is 1.53. The van der Waals surface area contributed by atoms with Gasteiger partial charge in [0.25, 0.3) is 0 Å². The number of thiophene rings is 1. The van der Waals surface area contributed by atoms with Gasteiger partial charge in [0.2, 0.25) is 11.9 Å². The molecular weight excluding hydrogens is 482 g/mol. The van der Waals surface area contributed by atoms with Crippen molar-refractivity contribution in [3.8, 4) is 0 Å². The van der Waals surface area contributed by atoms with E-state index in [0.717, 1.165) is 48.3 Å². The molecular formula is C25H31N5O3S2. The molecule has 1 amide bonds. The molecule has 186 valence electrons. The Kier molecular flexibility index (Phi) is 8.46. The molecule has 2 heterocycles. The molecule has 0 bridgehead atoms. The number of nitrogens with one attached hydrogen (secondary N) is 1. The van der Waals surface area contributed by atoms with Gasteiger partial charge in [-0.15, -0.1) is 21.5 Å². The number of hydrogen-bond donors (Lipinski definition) is 2. The molecule has 0 radical (unpaired) electrons. The van der Waals surface area contributed by atoms with Crippen LogP contribution in [0.1, 0.15) is 65.5 Å². The van der Waals surface area contributed by atoms with Gasteiger partial charge in [0.05, 0.1) is 12.2 Å². The highest BCUT2D eigenvalue weighted by Crippen LogP contribution is 2.39. The zero-order chi connectivity index (χ0) is 24.8. The van der Waals surface area contributed by atoms with Crippen LogP contribution in [0.2, 0.25) is 0 Å². The van der Waals surface area contributed by atoms with Gasteiger partial charge in [0.15, 0.2) is 5.16 Å². The van der Waals surface area contributed by atoms with E-state index in [-0.39, 0.29) is 24.4 Å². The number of rotatable bonds is 10. The van der Waals surface area contributed by atoms with Crippen molar-refractivity contribution >= 4 is 45.9 Å². The van der Waals surface area contributed by atoms with Crippen molar-refractivity contribution in [1.82, 2.24) is 14.8 Å². The highest BCUT2D eigenvalue weighted by Gasteiger charge is 2.30. The number of ether oxygens (including phenoxy) is 1. The van der Waals surface area contributed by atoms with E-state index in [4.69, 9.17) is 10.5 Å². The Bertz CT molecular complexity index is 1180. The molecule has 0 aliphatic heterocycles. The van der Waals surface area contributed by atoms with E-state index >= 15 is 0 Å². The average molecular weight is 514 g/mol. The number of anilines is 2. The Labute approximate surface area is 213 Å². The number of aryl methyl sites for hydroxylation is 2. The average Bonchev–Trinajstić information content (AvgIpc) is 3.40. The zero-order valence-electron chi connectivity index (χ0n) is 20.1. The first-order valence-electron chi connectivity index (χ1n) is 12.0. The van der Waals surface area contributed by atoms with Crippen LogP contribution >= 0.6 is 23.1 Å². The predicted molar refractivity (Wildman–Crippen MR) is 140 cm³/mol. The van der Waals surface area contributed by atoms with E-state index < -0.39 is 6.04 Å². The molecule has 3 aromatic rings. The molecule has 0 spiro atoms. The van der Waals surface area contributed by atoms with E-state index in [9.17, 15) is 9.59 Å². The van der Waals surface area contributed by atoms with E-state index in [2.05, 4.69) is 27.6 Å². The first-order chi connectivity index (χ1) is 17.0. The summed E-state index contributed by atoms with van der Waals surface area (Å²) in [4.78, 5) is 27.4. The number of esters is 1. The number of nitrogens with two attached hydrogens (primary N) is 1. The third-order valence-corrected chi connectivity index (χ3v) is 8.20. The quantitative estimate of drug-likeness (QED) is 0.293. The van der Waals surface area contributed by atoms with E-state index in [0.29, 0.717) is 22.1 Å². The summed E-state index contributed by atoms with van der Waals surface area (Å²) in [5.41, 5.74) is 8.91. The highest BCUT2D eigenvalue weighted by molar-refractivity contribution is 7.99. The van der Waals surface area contributed by atoms with E-state index in [1.165, 1.54) is 28.7 Å². The third-order valence-electron chi connectivity index (χ3n) is 6.04. The maximum absolute atomic E-state index is 13.5. The minimum Gasteiger partial charge on any atom is -0.462 e. The van der Waals surface area contributed by atoms with Crippen LogP contribution in [0.3, 0.4) is 0 Å². The fourth-order valence-corrected chi connectivity index (χ4v) is 6.60. The molecule has 0 saturated heterocycles. The lowest BCUT2D eigenvalue weighted by Gasteiger charge is -2.19. The van der Waals surface area contributed by atoms with Crippen molar-refractivity contribution < 1.29 is 14.3 Å². The van der Waals surface area contributed by atoms with Crippen molar-refractivity contribution in [2.45, 2.75) is 63.6 Å². The van der Waals surface area contributed by atoms with Gasteiger partial charge in [-0.1, -0.05) is 49.0 Å². The van der Waals surface area contributed by atoms with Gasteiger partial charge in [-0.05, 0) is 56.6 Å². The topological polar surface area (TPSA) is 112 Å². The monoisotopic (exact) mass is 513 g/mol. The van der Waals surface area contributed by atoms with Crippen LogP contribution in [-0.4, -0.2) is 39.0 Å². The number of fused-ring (bicyclic) bond motifs is 1. The van der Waals surface area contributed by atoms with E-state index in [1.807, 2.05) is 25.1 Å². The summed E-state index contributed by atoms with van der Waals surface area (Å²) in [7, 11) is 0. The maximum Gasteiger partial charge on any atom is 0.341 e. The maximum atomic E-state index is 13.5. The summed E-state index contributed by atoms with van der Waals surface area (Å²) < 4.78 is 7.02. The molecule has 1 aromatic carbocycles. The second kappa shape index (κ2) is 11.7. The second-order valence-corrected chi connectivity index (χ2v) is 10.5. The largest absolute Gasteiger partial charge is 0.462 e. The van der Waals surface area contributed by atoms with Gasteiger partial charge in [0, 0.05) is 10.6 Å². The van der Waals surface area contributed by atoms with Crippen LogP contribution in [0.5, 0.6) is 0 Å². The smallest absolute Gasteiger partial charge is 0.341 e. The molecule has 0 saturated carbocycles. The minimum atomic E-state index is -0.599. The number of aromatic nitrogens is 3. The number of thioether (sulfide) groups is 1. The van der Waals surface area contributed by atoms with Crippen molar-refractivity contribution in [2.75, 3.05) is 23.4 Å². The van der Waals surface area contributed by atoms with Crippen LogP contribution in [0.15, 0.2) is 35.5 Å². The SMILES string of the molecule is CCOC(=O)c1c(NC(=O)C(CC)n2c(N)nnc2SCCc2ccccc2)sc2c1CCCC2. The second-order valence-electron chi connectivity index (χ2n) is 8.34. The zero-order valence-corrected chi connectivity index (χ0v) is 21.7. The number of benzene rings is 1. The number of carbonyl (C=O) groups is 2. The fourth-order valence-electron chi connectivity index (χ4n) is 4.34. The van der Waals surface area contributed by atoms with Crippen molar-refractivity contribution in [1.29, 1.82) is 0 Å². The molecule has 8 nitrogen and oxygen atoms in total. The first kappa shape index (κ1) is 25.2. The van der Waals surface area contributed by atoms with Gasteiger partial charge >= 0.3 is 5.97 Å². The Morgan fingerprint density at radius 1 is 1.20 bits per heavy atom. The number of nitrogen functional groups attached to an aromatic ring is 1. The molecule has 35 heavy (non-hydrogen) atoms. The minimum absolute atomic E-state index is 0.199. The Morgan fingerprint density at radius 2 is 1.97 bits per heavy atom. The van der Waals surface area contributed by atoms with Crippen LogP contribution in [0.4, 0.5) is 10.9 Å². The van der Waals surface area contributed by atoms with Gasteiger partial charge in [-0.2, -0.15) is 0 Å². The molecule has 1 aliphatic carbocycles. The summed E-state index contributed by atoms with van der Waals surface area (Å²) in [6.45, 7) is 4.00. The summed E-state index contributed by atoms with van der Waals surface area (Å²) in [6, 6.07) is 9.61. The van der Waals surface area contributed by atoms with Crippen LogP contribution in [-0.2, 0) is 28.8 Å². The van der Waals surface area contributed by atoms with Crippen LogP contribution < -0.4 is 11.1 Å². The normalized spacial score (nSPS) is 13.8. The Hall–Kier alpha value is -2.85.